The zero-order valence-electron chi connectivity index (χ0n) is 11.7. The molecule has 16 heavy (non-hydrogen) atoms. The van der Waals surface area contributed by atoms with Gasteiger partial charge in [-0.15, -0.1) is 0 Å². The molecule has 0 aromatic rings. The van der Waals surface area contributed by atoms with Crippen molar-refractivity contribution in [1.82, 2.24) is 10.0 Å². The van der Waals surface area contributed by atoms with E-state index in [1.807, 2.05) is 0 Å². The van der Waals surface area contributed by atoms with E-state index >= 15 is 0 Å². The highest BCUT2D eigenvalue weighted by Gasteiger charge is 2.34. The van der Waals surface area contributed by atoms with Crippen LogP contribution in [0.2, 0.25) is 0 Å². The van der Waals surface area contributed by atoms with E-state index in [0.29, 0.717) is 0 Å². The molecule has 2 nitrogen and oxygen atoms in total. The summed E-state index contributed by atoms with van der Waals surface area (Å²) in [6.45, 7) is 11.8. The lowest BCUT2D eigenvalue weighted by molar-refractivity contribution is -0.0249. The van der Waals surface area contributed by atoms with Crippen molar-refractivity contribution in [3.05, 3.63) is 0 Å². The lowest BCUT2D eigenvalue weighted by atomic mass is 10.1. The number of unbranched alkanes of at least 4 members (excludes halogenated alkanes) is 2. The maximum absolute atomic E-state index is 2.65. The second-order valence-corrected chi connectivity index (χ2v) is 5.18. The van der Waals surface area contributed by atoms with E-state index in [-0.39, 0.29) is 0 Å². The van der Waals surface area contributed by atoms with E-state index < -0.39 is 0 Å². The summed E-state index contributed by atoms with van der Waals surface area (Å²) < 4.78 is 0. The molecular formula is C14H30N2. The van der Waals surface area contributed by atoms with Crippen molar-refractivity contribution in [2.75, 3.05) is 13.1 Å². The summed E-state index contributed by atoms with van der Waals surface area (Å²) in [5, 5.41) is 5.30. The third kappa shape index (κ3) is 3.46. The summed E-state index contributed by atoms with van der Waals surface area (Å²) in [4.78, 5) is 0. The summed E-state index contributed by atoms with van der Waals surface area (Å²) >= 11 is 0. The van der Waals surface area contributed by atoms with Gasteiger partial charge in [0.15, 0.2) is 0 Å². The van der Waals surface area contributed by atoms with Gasteiger partial charge < -0.3 is 0 Å². The fourth-order valence-corrected chi connectivity index (χ4v) is 2.89. The lowest BCUT2D eigenvalue weighted by Crippen LogP contribution is -2.44. The van der Waals surface area contributed by atoms with Crippen LogP contribution in [-0.2, 0) is 0 Å². The molecule has 2 unspecified atom stereocenters. The van der Waals surface area contributed by atoms with Crippen LogP contribution >= 0.6 is 0 Å². The predicted octanol–water partition coefficient (Wildman–Crippen LogP) is 3.68. The maximum Gasteiger partial charge on any atom is 0.0258 e. The average Bonchev–Trinajstić information content (AvgIpc) is 2.57. The zero-order chi connectivity index (χ0) is 12.0. The van der Waals surface area contributed by atoms with Crippen molar-refractivity contribution < 1.29 is 0 Å². The predicted molar refractivity (Wildman–Crippen MR) is 71.4 cm³/mol. The minimum absolute atomic E-state index is 0.758. The van der Waals surface area contributed by atoms with Gasteiger partial charge in [-0.2, -0.15) is 0 Å². The Morgan fingerprint density at radius 1 is 0.938 bits per heavy atom. The molecule has 1 aliphatic heterocycles. The van der Waals surface area contributed by atoms with Crippen molar-refractivity contribution in [3.63, 3.8) is 0 Å². The molecule has 1 saturated heterocycles. The highest BCUT2D eigenvalue weighted by molar-refractivity contribution is 4.83. The molecule has 2 heteroatoms. The van der Waals surface area contributed by atoms with Gasteiger partial charge in [0.2, 0.25) is 0 Å². The molecule has 0 spiro atoms. The Bertz CT molecular complexity index is 182. The largest absolute Gasteiger partial charge is 0.239 e. The summed E-state index contributed by atoms with van der Waals surface area (Å²) in [6, 6.07) is 1.56. The van der Waals surface area contributed by atoms with E-state index in [2.05, 4.69) is 37.7 Å². The van der Waals surface area contributed by atoms with Crippen molar-refractivity contribution in [2.45, 2.75) is 78.3 Å². The number of hydrogen-bond donors (Lipinski definition) is 0. The Morgan fingerprint density at radius 3 is 2.25 bits per heavy atom. The van der Waals surface area contributed by atoms with Crippen molar-refractivity contribution in [3.8, 4) is 0 Å². The van der Waals surface area contributed by atoms with Crippen LogP contribution in [0.1, 0.15) is 66.2 Å². The minimum atomic E-state index is 0.758. The van der Waals surface area contributed by atoms with Crippen LogP contribution in [0.3, 0.4) is 0 Å². The Labute approximate surface area is 102 Å². The average molecular weight is 226 g/mol. The van der Waals surface area contributed by atoms with Crippen LogP contribution in [0.5, 0.6) is 0 Å². The molecule has 1 fully saturated rings. The maximum atomic E-state index is 2.65. The molecule has 0 amide bonds. The Morgan fingerprint density at radius 2 is 1.69 bits per heavy atom. The van der Waals surface area contributed by atoms with Crippen molar-refractivity contribution in [1.29, 1.82) is 0 Å². The summed E-state index contributed by atoms with van der Waals surface area (Å²) in [5.41, 5.74) is 0. The van der Waals surface area contributed by atoms with Gasteiger partial charge in [0, 0.05) is 25.2 Å². The standard InChI is InChI=1S/C14H30N2/c1-5-8-9-11-15-13(4)12-14(7-3)16(15)10-6-2/h13-14H,5-12H2,1-4H3. The first kappa shape index (κ1) is 14.0. The normalized spacial score (nSPS) is 27.8. The summed E-state index contributed by atoms with van der Waals surface area (Å²) in [7, 11) is 0. The summed E-state index contributed by atoms with van der Waals surface area (Å²) in [6.07, 6.45) is 8.00. The van der Waals surface area contributed by atoms with Crippen LogP contribution in [-0.4, -0.2) is 35.2 Å². The molecule has 0 N–H and O–H groups in total. The molecule has 1 rings (SSSR count). The molecule has 0 saturated carbocycles. The second-order valence-electron chi connectivity index (χ2n) is 5.18. The monoisotopic (exact) mass is 226 g/mol. The molecule has 2 atom stereocenters. The van der Waals surface area contributed by atoms with Crippen LogP contribution in [0.4, 0.5) is 0 Å². The molecule has 0 radical (unpaired) electrons. The number of nitrogens with zero attached hydrogens (tertiary/aromatic N) is 2. The Balaban J connectivity index is 2.49. The first-order valence-corrected chi connectivity index (χ1v) is 7.27. The van der Waals surface area contributed by atoms with Crippen molar-refractivity contribution in [2.24, 2.45) is 0 Å². The first-order valence-electron chi connectivity index (χ1n) is 7.27. The molecule has 1 aliphatic rings. The Hall–Kier alpha value is -0.0800. The molecule has 0 aromatic carbocycles. The molecular weight excluding hydrogens is 196 g/mol. The van der Waals surface area contributed by atoms with Crippen LogP contribution < -0.4 is 0 Å². The van der Waals surface area contributed by atoms with E-state index in [0.717, 1.165) is 12.1 Å². The van der Waals surface area contributed by atoms with Gasteiger partial charge in [0.05, 0.1) is 0 Å². The third-order valence-corrected chi connectivity index (χ3v) is 3.79. The quantitative estimate of drug-likeness (QED) is 0.611. The highest BCUT2D eigenvalue weighted by atomic mass is 15.7. The number of rotatable bonds is 7. The van der Waals surface area contributed by atoms with Crippen LogP contribution in [0.25, 0.3) is 0 Å². The number of hydrazine groups is 1. The van der Waals surface area contributed by atoms with E-state index in [1.165, 1.54) is 51.6 Å². The van der Waals surface area contributed by atoms with E-state index in [9.17, 15) is 0 Å². The third-order valence-electron chi connectivity index (χ3n) is 3.79. The van der Waals surface area contributed by atoms with Crippen LogP contribution in [0.15, 0.2) is 0 Å². The van der Waals surface area contributed by atoms with Gasteiger partial charge in [-0.3, -0.25) is 0 Å². The minimum Gasteiger partial charge on any atom is -0.239 e. The SMILES string of the molecule is CCCCCN1C(C)CC(CC)N1CCC. The molecule has 0 aliphatic carbocycles. The van der Waals surface area contributed by atoms with Gasteiger partial charge in [-0.05, 0) is 32.6 Å². The molecule has 0 bridgehead atoms. The van der Waals surface area contributed by atoms with Crippen molar-refractivity contribution >= 4 is 0 Å². The topological polar surface area (TPSA) is 6.48 Å². The summed E-state index contributed by atoms with van der Waals surface area (Å²) in [5.74, 6) is 0. The zero-order valence-corrected chi connectivity index (χ0v) is 11.7. The number of hydrogen-bond acceptors (Lipinski definition) is 2. The fraction of sp³-hybridized carbons (Fsp3) is 1.00. The van der Waals surface area contributed by atoms with Gasteiger partial charge in [-0.1, -0.05) is 33.6 Å². The molecule has 96 valence electrons. The highest BCUT2D eigenvalue weighted by Crippen LogP contribution is 2.27. The van der Waals surface area contributed by atoms with Gasteiger partial charge in [0.1, 0.15) is 0 Å². The van der Waals surface area contributed by atoms with Gasteiger partial charge in [-0.25, -0.2) is 10.0 Å². The smallest absolute Gasteiger partial charge is 0.0258 e. The van der Waals surface area contributed by atoms with E-state index in [4.69, 9.17) is 0 Å². The molecule has 1 heterocycles. The second kappa shape index (κ2) is 7.29. The lowest BCUT2D eigenvalue weighted by Gasteiger charge is -2.33. The Kier molecular flexibility index (Phi) is 6.37. The van der Waals surface area contributed by atoms with E-state index in [1.54, 1.807) is 0 Å². The first-order chi connectivity index (χ1) is 7.74. The molecule has 0 aromatic heterocycles. The van der Waals surface area contributed by atoms with Gasteiger partial charge in [0.25, 0.3) is 0 Å². The van der Waals surface area contributed by atoms with Crippen LogP contribution in [0, 0.1) is 0 Å². The van der Waals surface area contributed by atoms with Gasteiger partial charge >= 0.3 is 0 Å². The fourth-order valence-electron chi connectivity index (χ4n) is 2.89.